The number of carboxylic acid groups (broad SMARTS) is 1. The second-order valence-electron chi connectivity index (χ2n) is 3.43. The molecule has 0 bridgehead atoms. The first kappa shape index (κ1) is 14.7. The fourth-order valence-corrected chi connectivity index (χ4v) is 0.803. The van der Waals surface area contributed by atoms with Gasteiger partial charge in [-0.15, -0.1) is 0 Å². The molecule has 0 rings (SSSR count). The summed E-state index contributed by atoms with van der Waals surface area (Å²) in [5.41, 5.74) is 0. The fraction of sp³-hybridized carbons (Fsp3) is 0.727. The smallest absolute Gasteiger partial charge is 0.327 e. The molecule has 13 heavy (non-hydrogen) atoms. The van der Waals surface area contributed by atoms with Gasteiger partial charge in [0.2, 0.25) is 0 Å². The average Bonchev–Trinajstić information content (AvgIpc) is 2.05. The lowest BCUT2D eigenvalue weighted by atomic mass is 10.1. The van der Waals surface area contributed by atoms with Gasteiger partial charge in [-0.2, -0.15) is 0 Å². The van der Waals surface area contributed by atoms with Crippen LogP contribution in [0, 0.1) is 5.92 Å². The maximum Gasteiger partial charge on any atom is 0.327 e. The maximum atomic E-state index is 9.25. The molecule has 0 amide bonds. The number of unbranched alkanes of at least 4 members (excludes halogenated alkanes) is 2. The molecule has 0 aliphatic carbocycles. The summed E-state index contributed by atoms with van der Waals surface area (Å²) in [7, 11) is 0. The molecule has 2 heteroatoms. The highest BCUT2D eigenvalue weighted by Crippen LogP contribution is 2.06. The summed E-state index contributed by atoms with van der Waals surface area (Å²) >= 11 is 0. The zero-order chi connectivity index (χ0) is 10.7. The molecule has 0 aliphatic rings. The fourth-order valence-electron chi connectivity index (χ4n) is 0.803. The molecular formula is C11H22O2. The molecule has 0 aromatic heterocycles. The Bertz CT molecular complexity index is 128. The molecule has 0 aromatic rings. The lowest BCUT2D eigenvalue weighted by Gasteiger charge is -2.00. The van der Waals surface area contributed by atoms with Gasteiger partial charge in [-0.3, -0.25) is 0 Å². The van der Waals surface area contributed by atoms with Crippen molar-refractivity contribution >= 4 is 5.97 Å². The van der Waals surface area contributed by atoms with Crippen LogP contribution in [0.15, 0.2) is 12.7 Å². The van der Waals surface area contributed by atoms with E-state index in [2.05, 4.69) is 27.4 Å². The van der Waals surface area contributed by atoms with Crippen molar-refractivity contribution in [2.24, 2.45) is 5.92 Å². The molecule has 0 unspecified atom stereocenters. The predicted molar refractivity (Wildman–Crippen MR) is 56.8 cm³/mol. The molecule has 0 spiro atoms. The highest BCUT2D eigenvalue weighted by atomic mass is 16.4. The van der Waals surface area contributed by atoms with E-state index in [1.54, 1.807) is 0 Å². The van der Waals surface area contributed by atoms with Crippen LogP contribution in [0.25, 0.3) is 0 Å². The van der Waals surface area contributed by atoms with Crippen molar-refractivity contribution in [3.63, 3.8) is 0 Å². The van der Waals surface area contributed by atoms with Crippen LogP contribution in [-0.2, 0) is 4.79 Å². The number of rotatable bonds is 5. The molecule has 0 aromatic carbocycles. The Morgan fingerprint density at radius 1 is 1.46 bits per heavy atom. The summed E-state index contributed by atoms with van der Waals surface area (Å²) in [4.78, 5) is 9.25. The van der Waals surface area contributed by atoms with E-state index in [1.807, 2.05) is 0 Å². The van der Waals surface area contributed by atoms with Crippen LogP contribution in [0.5, 0.6) is 0 Å². The summed E-state index contributed by atoms with van der Waals surface area (Å²) in [6.45, 7) is 9.79. The lowest BCUT2D eigenvalue weighted by molar-refractivity contribution is -0.131. The number of hydrogen-bond donors (Lipinski definition) is 1. The molecular weight excluding hydrogens is 164 g/mol. The minimum Gasteiger partial charge on any atom is -0.478 e. The van der Waals surface area contributed by atoms with Crippen molar-refractivity contribution in [1.82, 2.24) is 0 Å². The van der Waals surface area contributed by atoms with Crippen molar-refractivity contribution in [1.29, 1.82) is 0 Å². The van der Waals surface area contributed by atoms with E-state index in [-0.39, 0.29) is 0 Å². The van der Waals surface area contributed by atoms with Gasteiger partial charge in [-0.05, 0) is 5.92 Å². The summed E-state index contributed by atoms with van der Waals surface area (Å²) in [6, 6.07) is 0. The number of carbonyl (C=O) groups is 1. The first-order valence-corrected chi connectivity index (χ1v) is 4.89. The van der Waals surface area contributed by atoms with Gasteiger partial charge < -0.3 is 5.11 Å². The highest BCUT2D eigenvalue weighted by molar-refractivity contribution is 5.78. The second kappa shape index (κ2) is 11.2. The van der Waals surface area contributed by atoms with E-state index in [0.29, 0.717) is 0 Å². The van der Waals surface area contributed by atoms with Crippen molar-refractivity contribution < 1.29 is 9.90 Å². The minimum absolute atomic E-state index is 0.833. The Hall–Kier alpha value is -0.790. The molecule has 0 aliphatic heterocycles. The van der Waals surface area contributed by atoms with E-state index >= 15 is 0 Å². The Morgan fingerprint density at radius 3 is 2.15 bits per heavy atom. The van der Waals surface area contributed by atoms with Crippen LogP contribution in [-0.4, -0.2) is 11.1 Å². The Labute approximate surface area is 81.7 Å². The average molecular weight is 186 g/mol. The van der Waals surface area contributed by atoms with Gasteiger partial charge in [0.05, 0.1) is 0 Å². The van der Waals surface area contributed by atoms with Gasteiger partial charge in [0.15, 0.2) is 0 Å². The monoisotopic (exact) mass is 186 g/mol. The largest absolute Gasteiger partial charge is 0.478 e. The second-order valence-corrected chi connectivity index (χ2v) is 3.43. The molecule has 0 fully saturated rings. The summed E-state index contributed by atoms with van der Waals surface area (Å²) in [5, 5.41) is 7.60. The van der Waals surface area contributed by atoms with Crippen LogP contribution < -0.4 is 0 Å². The van der Waals surface area contributed by atoms with Gasteiger partial charge in [0.25, 0.3) is 0 Å². The van der Waals surface area contributed by atoms with E-state index in [9.17, 15) is 4.79 Å². The normalized spacial score (nSPS) is 8.92. The van der Waals surface area contributed by atoms with E-state index in [1.165, 1.54) is 25.7 Å². The van der Waals surface area contributed by atoms with Crippen molar-refractivity contribution in [2.45, 2.75) is 46.5 Å². The summed E-state index contributed by atoms with van der Waals surface area (Å²) in [6.07, 6.45) is 6.44. The van der Waals surface area contributed by atoms with Crippen LogP contribution in [0.2, 0.25) is 0 Å². The molecule has 0 heterocycles. The molecule has 0 saturated carbocycles. The van der Waals surface area contributed by atoms with E-state index < -0.39 is 5.97 Å². The molecule has 1 N–H and O–H groups in total. The van der Waals surface area contributed by atoms with Crippen LogP contribution in [0.3, 0.4) is 0 Å². The van der Waals surface area contributed by atoms with Gasteiger partial charge in [-0.1, -0.05) is 53.0 Å². The maximum absolute atomic E-state index is 9.25. The minimum atomic E-state index is -0.981. The molecule has 0 atom stereocenters. The number of hydrogen-bond acceptors (Lipinski definition) is 1. The van der Waals surface area contributed by atoms with Gasteiger partial charge in [-0.25, -0.2) is 4.79 Å². The van der Waals surface area contributed by atoms with Gasteiger partial charge in [0.1, 0.15) is 0 Å². The third kappa shape index (κ3) is 24.7. The summed E-state index contributed by atoms with van der Waals surface area (Å²) in [5.74, 6) is -0.0773. The van der Waals surface area contributed by atoms with Crippen molar-refractivity contribution in [3.05, 3.63) is 12.7 Å². The topological polar surface area (TPSA) is 37.3 Å². The highest BCUT2D eigenvalue weighted by Gasteiger charge is 1.90. The zero-order valence-corrected chi connectivity index (χ0v) is 9.05. The van der Waals surface area contributed by atoms with Crippen molar-refractivity contribution in [3.8, 4) is 0 Å². The van der Waals surface area contributed by atoms with Crippen LogP contribution in [0.1, 0.15) is 46.5 Å². The van der Waals surface area contributed by atoms with Crippen LogP contribution >= 0.6 is 0 Å². The first-order chi connectivity index (χ1) is 6.04. The quantitative estimate of drug-likeness (QED) is 0.527. The third-order valence-electron chi connectivity index (χ3n) is 1.56. The number of carboxylic acids is 1. The molecule has 78 valence electrons. The van der Waals surface area contributed by atoms with E-state index in [0.717, 1.165) is 12.0 Å². The lowest BCUT2D eigenvalue weighted by Crippen LogP contribution is -1.85. The SMILES string of the molecule is C=CC(=O)O.CCCCCC(C)C. The predicted octanol–water partition coefficient (Wildman–Crippen LogP) is 3.48. The van der Waals surface area contributed by atoms with Crippen LogP contribution in [0.4, 0.5) is 0 Å². The number of aliphatic carboxylic acids is 1. The summed E-state index contributed by atoms with van der Waals surface area (Å²) < 4.78 is 0. The third-order valence-corrected chi connectivity index (χ3v) is 1.56. The Morgan fingerprint density at radius 2 is 1.92 bits per heavy atom. The molecule has 2 nitrogen and oxygen atoms in total. The Kier molecular flexibility index (Phi) is 12.7. The Balaban J connectivity index is 0. The van der Waals surface area contributed by atoms with Crippen molar-refractivity contribution in [2.75, 3.05) is 0 Å². The standard InChI is InChI=1S/C8H18.C3H4O2/c1-4-5-6-7-8(2)3;1-2-3(4)5/h8H,4-7H2,1-3H3;2H,1H2,(H,4,5). The molecule has 0 radical (unpaired) electrons. The zero-order valence-electron chi connectivity index (χ0n) is 9.05. The van der Waals surface area contributed by atoms with Gasteiger partial charge >= 0.3 is 5.97 Å². The first-order valence-electron chi connectivity index (χ1n) is 4.89. The van der Waals surface area contributed by atoms with Gasteiger partial charge in [0, 0.05) is 6.08 Å². The molecule has 0 saturated heterocycles. The van der Waals surface area contributed by atoms with E-state index in [4.69, 9.17) is 5.11 Å².